The second-order valence-corrected chi connectivity index (χ2v) is 5.15. The summed E-state index contributed by atoms with van der Waals surface area (Å²) in [6.45, 7) is 3.84. The Labute approximate surface area is 115 Å². The molecule has 1 aliphatic heterocycles. The Hall–Kier alpha value is -1.60. The normalized spacial score (nSPS) is 22.5. The zero-order chi connectivity index (χ0) is 13.7. The molecule has 2 heterocycles. The van der Waals surface area contributed by atoms with Crippen molar-refractivity contribution in [2.45, 2.75) is 38.1 Å². The molecule has 1 aromatic heterocycles. The molecule has 4 heteroatoms. The summed E-state index contributed by atoms with van der Waals surface area (Å²) in [4.78, 5) is 6.73. The maximum atomic E-state index is 9.26. The molecule has 0 aromatic carbocycles. The molecule has 0 radical (unpaired) electrons. The Morgan fingerprint density at radius 3 is 3.11 bits per heavy atom. The molecule has 2 rings (SSSR count). The minimum atomic E-state index is 0.00343. The topological polar surface area (TPSA) is 49.1 Å². The Morgan fingerprint density at radius 2 is 2.42 bits per heavy atom. The number of rotatable bonds is 5. The predicted octanol–water partition coefficient (Wildman–Crippen LogP) is 2.74. The largest absolute Gasteiger partial charge is 0.382 e. The number of ether oxygens (including phenoxy) is 1. The molecule has 1 unspecified atom stereocenters. The monoisotopic (exact) mass is 259 g/mol. The van der Waals surface area contributed by atoms with Crippen LogP contribution in [0.4, 0.5) is 5.82 Å². The van der Waals surface area contributed by atoms with Crippen LogP contribution in [0.2, 0.25) is 0 Å². The molecule has 0 amide bonds. The molecule has 4 nitrogen and oxygen atoms in total. The van der Waals surface area contributed by atoms with Gasteiger partial charge in [-0.25, -0.2) is 4.98 Å². The highest BCUT2D eigenvalue weighted by Gasteiger charge is 2.41. The molecule has 0 bridgehead atoms. The van der Waals surface area contributed by atoms with Crippen molar-refractivity contribution < 1.29 is 4.74 Å². The van der Waals surface area contributed by atoms with E-state index in [0.717, 1.165) is 38.0 Å². The Kier molecular flexibility index (Phi) is 4.39. The van der Waals surface area contributed by atoms with Gasteiger partial charge in [0.2, 0.25) is 0 Å². The second-order valence-electron chi connectivity index (χ2n) is 5.15. The lowest BCUT2D eigenvalue weighted by molar-refractivity contribution is 0.127. The van der Waals surface area contributed by atoms with Gasteiger partial charge in [-0.1, -0.05) is 13.3 Å². The Balaban J connectivity index is 2.38. The van der Waals surface area contributed by atoms with Crippen LogP contribution >= 0.6 is 0 Å². The molecular weight excluding hydrogens is 238 g/mol. The summed E-state index contributed by atoms with van der Waals surface area (Å²) in [5.41, 5.74) is 0.657. The van der Waals surface area contributed by atoms with E-state index in [1.165, 1.54) is 0 Å². The molecule has 1 aromatic rings. The van der Waals surface area contributed by atoms with E-state index < -0.39 is 0 Å². The van der Waals surface area contributed by atoms with E-state index in [4.69, 9.17) is 4.74 Å². The number of aromatic nitrogens is 1. The average Bonchev–Trinajstić information content (AvgIpc) is 2.83. The summed E-state index contributed by atoms with van der Waals surface area (Å²) in [7, 11) is 1.75. The van der Waals surface area contributed by atoms with E-state index in [1.807, 2.05) is 12.1 Å². The number of nitrogens with zero attached hydrogens (tertiary/aromatic N) is 3. The van der Waals surface area contributed by atoms with Gasteiger partial charge in [0.25, 0.3) is 0 Å². The SMILES string of the molecule is CCCC1(COC)CCCN1c1ncccc1C#N. The first-order valence-electron chi connectivity index (χ1n) is 6.89. The Morgan fingerprint density at radius 1 is 1.58 bits per heavy atom. The van der Waals surface area contributed by atoms with Gasteiger partial charge in [-0.2, -0.15) is 5.26 Å². The minimum absolute atomic E-state index is 0.00343. The van der Waals surface area contributed by atoms with E-state index in [9.17, 15) is 5.26 Å². The first-order chi connectivity index (χ1) is 9.27. The molecule has 0 spiro atoms. The van der Waals surface area contributed by atoms with Crippen molar-refractivity contribution in [3.05, 3.63) is 23.9 Å². The van der Waals surface area contributed by atoms with Crippen LogP contribution in [0.3, 0.4) is 0 Å². The number of pyridine rings is 1. The van der Waals surface area contributed by atoms with Crippen molar-refractivity contribution >= 4 is 5.82 Å². The van der Waals surface area contributed by atoms with Gasteiger partial charge < -0.3 is 9.64 Å². The third-order valence-electron chi connectivity index (χ3n) is 3.89. The number of hydrogen-bond donors (Lipinski definition) is 0. The summed E-state index contributed by atoms with van der Waals surface area (Å²) >= 11 is 0. The van der Waals surface area contributed by atoms with E-state index in [0.29, 0.717) is 12.2 Å². The van der Waals surface area contributed by atoms with Crippen molar-refractivity contribution in [3.8, 4) is 6.07 Å². The third-order valence-corrected chi connectivity index (χ3v) is 3.89. The highest BCUT2D eigenvalue weighted by molar-refractivity contribution is 5.56. The zero-order valence-corrected chi connectivity index (χ0v) is 11.7. The molecule has 19 heavy (non-hydrogen) atoms. The standard InChI is InChI=1S/C15H21N3O/c1-3-7-15(12-19-2)8-5-10-18(15)14-13(11-16)6-4-9-17-14/h4,6,9H,3,5,7-8,10,12H2,1-2H3. The highest BCUT2D eigenvalue weighted by atomic mass is 16.5. The van der Waals surface area contributed by atoms with E-state index in [2.05, 4.69) is 22.9 Å². The van der Waals surface area contributed by atoms with Gasteiger partial charge in [-0.15, -0.1) is 0 Å². The van der Waals surface area contributed by atoms with Crippen molar-refractivity contribution in [1.29, 1.82) is 5.26 Å². The van der Waals surface area contributed by atoms with Gasteiger partial charge in [0.15, 0.2) is 0 Å². The zero-order valence-electron chi connectivity index (χ0n) is 11.7. The van der Waals surface area contributed by atoms with Gasteiger partial charge in [0.05, 0.1) is 17.7 Å². The summed E-state index contributed by atoms with van der Waals surface area (Å²) in [6.07, 6.45) is 6.18. The molecule has 0 saturated carbocycles. The predicted molar refractivity (Wildman–Crippen MR) is 75.0 cm³/mol. The summed E-state index contributed by atoms with van der Waals surface area (Å²) in [5.74, 6) is 0.813. The van der Waals surface area contributed by atoms with Crippen LogP contribution < -0.4 is 4.90 Å². The van der Waals surface area contributed by atoms with Crippen LogP contribution in [-0.2, 0) is 4.74 Å². The molecule has 0 N–H and O–H groups in total. The van der Waals surface area contributed by atoms with Crippen molar-refractivity contribution in [1.82, 2.24) is 4.98 Å². The molecule has 1 aliphatic rings. The van der Waals surface area contributed by atoms with Crippen LogP contribution in [-0.4, -0.2) is 30.8 Å². The highest BCUT2D eigenvalue weighted by Crippen LogP contribution is 2.38. The lowest BCUT2D eigenvalue weighted by Gasteiger charge is -2.39. The molecule has 1 saturated heterocycles. The van der Waals surface area contributed by atoms with Gasteiger partial charge in [-0.05, 0) is 31.4 Å². The van der Waals surface area contributed by atoms with E-state index >= 15 is 0 Å². The smallest absolute Gasteiger partial charge is 0.147 e. The molecule has 0 aliphatic carbocycles. The Bertz CT molecular complexity index is 461. The summed E-state index contributed by atoms with van der Waals surface area (Å²) in [6, 6.07) is 5.90. The fraction of sp³-hybridized carbons (Fsp3) is 0.600. The van der Waals surface area contributed by atoms with E-state index in [-0.39, 0.29) is 5.54 Å². The molecule has 1 atom stereocenters. The first kappa shape index (κ1) is 13.8. The van der Waals surface area contributed by atoms with Crippen LogP contribution in [0, 0.1) is 11.3 Å². The number of nitriles is 1. The second kappa shape index (κ2) is 6.03. The molecule has 1 fully saturated rings. The number of methoxy groups -OCH3 is 1. The maximum Gasteiger partial charge on any atom is 0.147 e. The average molecular weight is 259 g/mol. The number of hydrogen-bond acceptors (Lipinski definition) is 4. The van der Waals surface area contributed by atoms with E-state index in [1.54, 1.807) is 13.3 Å². The van der Waals surface area contributed by atoms with Crippen molar-refractivity contribution in [2.75, 3.05) is 25.2 Å². The molecular formula is C15H21N3O. The fourth-order valence-corrected chi connectivity index (χ4v) is 3.18. The molecule has 102 valence electrons. The fourth-order valence-electron chi connectivity index (χ4n) is 3.18. The summed E-state index contributed by atoms with van der Waals surface area (Å²) < 4.78 is 5.45. The number of anilines is 1. The van der Waals surface area contributed by atoms with Crippen LogP contribution in [0.5, 0.6) is 0 Å². The van der Waals surface area contributed by atoms with Crippen molar-refractivity contribution in [2.24, 2.45) is 0 Å². The van der Waals surface area contributed by atoms with Gasteiger partial charge >= 0.3 is 0 Å². The van der Waals surface area contributed by atoms with Crippen LogP contribution in [0.1, 0.15) is 38.2 Å². The van der Waals surface area contributed by atoms with Crippen molar-refractivity contribution in [3.63, 3.8) is 0 Å². The van der Waals surface area contributed by atoms with Crippen LogP contribution in [0.25, 0.3) is 0 Å². The third kappa shape index (κ3) is 2.57. The quantitative estimate of drug-likeness (QED) is 0.815. The van der Waals surface area contributed by atoms with Gasteiger partial charge in [0, 0.05) is 19.9 Å². The van der Waals surface area contributed by atoms with Crippen LogP contribution in [0.15, 0.2) is 18.3 Å². The van der Waals surface area contributed by atoms with Gasteiger partial charge in [0.1, 0.15) is 11.9 Å². The van der Waals surface area contributed by atoms with Gasteiger partial charge in [-0.3, -0.25) is 0 Å². The lowest BCUT2D eigenvalue weighted by atomic mass is 9.91. The minimum Gasteiger partial charge on any atom is -0.382 e. The first-order valence-corrected chi connectivity index (χ1v) is 6.89. The lowest BCUT2D eigenvalue weighted by Crippen LogP contribution is -2.48. The summed E-state index contributed by atoms with van der Waals surface area (Å²) in [5, 5.41) is 9.26. The maximum absolute atomic E-state index is 9.26.